The molecule has 106 valence electrons. The summed E-state index contributed by atoms with van der Waals surface area (Å²) in [7, 11) is -0.938. The third-order valence-electron chi connectivity index (χ3n) is 2.27. The smallest absolute Gasteiger partial charge is 0.351 e. The lowest BCUT2D eigenvalue weighted by atomic mass is 10.2. The van der Waals surface area contributed by atoms with Crippen LogP contribution in [0, 0.1) is 0 Å². The molecule has 0 aromatic heterocycles. The lowest BCUT2D eigenvalue weighted by Gasteiger charge is -2.10. The number of rotatable bonds is 6. The summed E-state index contributed by atoms with van der Waals surface area (Å²) in [5.74, 6) is 1.37. The molecule has 0 amide bonds. The fourth-order valence-electron chi connectivity index (χ4n) is 1.42. The van der Waals surface area contributed by atoms with Crippen molar-refractivity contribution in [3.8, 4) is 17.2 Å². The molecule has 1 aromatic carbocycles. The first-order valence-corrected chi connectivity index (χ1v) is 7.19. The van der Waals surface area contributed by atoms with Gasteiger partial charge in [0.15, 0.2) is 11.5 Å². The summed E-state index contributed by atoms with van der Waals surface area (Å²) in [4.78, 5) is 9.42. The molecule has 0 bridgehead atoms. The molecule has 1 unspecified atom stereocenters. The van der Waals surface area contributed by atoms with E-state index in [1.54, 1.807) is 6.92 Å². The number of hydrogen-bond acceptors (Lipinski definition) is 5. The molecule has 0 aliphatic heterocycles. The summed E-state index contributed by atoms with van der Waals surface area (Å²) in [5, 5.41) is 9.72. The minimum absolute atomic E-state index is 0.126. The standard InChI is InChI=1S/C12H17O6P/c1-4-18-19(14,15)6-5-9-7-10(16-2)12(13)11(8-9)17-3/h5-8,13H,4H2,1-3H3,(H,14,15)/b6-5+. The first-order chi connectivity index (χ1) is 8.93. The fraction of sp³-hybridized carbons (Fsp3) is 0.333. The molecule has 19 heavy (non-hydrogen) atoms. The van der Waals surface area contributed by atoms with Crippen LogP contribution in [0.4, 0.5) is 0 Å². The molecule has 0 aliphatic carbocycles. The van der Waals surface area contributed by atoms with E-state index in [4.69, 9.17) is 14.0 Å². The van der Waals surface area contributed by atoms with Crippen LogP contribution < -0.4 is 9.47 Å². The number of benzene rings is 1. The molecule has 1 atom stereocenters. The summed E-state index contributed by atoms with van der Waals surface area (Å²) < 4.78 is 26.2. The first kappa shape index (κ1) is 15.6. The summed E-state index contributed by atoms with van der Waals surface area (Å²) in [6, 6.07) is 3.03. The summed E-state index contributed by atoms with van der Waals surface area (Å²) >= 11 is 0. The van der Waals surface area contributed by atoms with Gasteiger partial charge in [0.25, 0.3) is 0 Å². The molecular formula is C12H17O6P. The fourth-order valence-corrected chi connectivity index (χ4v) is 2.23. The molecule has 0 spiro atoms. The van der Waals surface area contributed by atoms with Crippen molar-refractivity contribution >= 4 is 13.7 Å². The molecule has 6 nitrogen and oxygen atoms in total. The Hall–Kier alpha value is -1.49. The number of phenols is 1. The van der Waals surface area contributed by atoms with Gasteiger partial charge in [-0.05, 0) is 30.7 Å². The number of aromatic hydroxyl groups is 1. The van der Waals surface area contributed by atoms with Crippen molar-refractivity contribution in [3.05, 3.63) is 23.5 Å². The highest BCUT2D eigenvalue weighted by Crippen LogP contribution is 2.44. The van der Waals surface area contributed by atoms with Crippen molar-refractivity contribution in [1.82, 2.24) is 0 Å². The van der Waals surface area contributed by atoms with Crippen molar-refractivity contribution in [2.75, 3.05) is 20.8 Å². The Balaban J connectivity index is 3.08. The van der Waals surface area contributed by atoms with Gasteiger partial charge in [-0.2, -0.15) is 0 Å². The zero-order chi connectivity index (χ0) is 14.5. The second-order valence-corrected chi connectivity index (χ2v) is 5.26. The molecule has 0 saturated carbocycles. The van der Waals surface area contributed by atoms with Gasteiger partial charge in [-0.15, -0.1) is 0 Å². The van der Waals surface area contributed by atoms with Crippen LogP contribution in [-0.4, -0.2) is 30.8 Å². The van der Waals surface area contributed by atoms with Crippen molar-refractivity contribution in [2.45, 2.75) is 6.92 Å². The first-order valence-electron chi connectivity index (χ1n) is 5.54. The molecule has 0 aliphatic rings. The summed E-state index contributed by atoms with van der Waals surface area (Å²) in [5.41, 5.74) is 0.542. The summed E-state index contributed by atoms with van der Waals surface area (Å²) in [6.45, 7) is 1.77. The predicted octanol–water partition coefficient (Wildman–Crippen LogP) is 2.60. The van der Waals surface area contributed by atoms with Crippen LogP contribution in [0.5, 0.6) is 17.2 Å². The Labute approximate surface area is 111 Å². The summed E-state index contributed by atoms with van der Waals surface area (Å²) in [6.07, 6.45) is 1.40. The number of ether oxygens (including phenoxy) is 2. The van der Waals surface area contributed by atoms with Crippen LogP contribution in [0.1, 0.15) is 12.5 Å². The lowest BCUT2D eigenvalue weighted by molar-refractivity contribution is 0.283. The van der Waals surface area contributed by atoms with E-state index >= 15 is 0 Å². The molecule has 1 rings (SSSR count). The monoisotopic (exact) mass is 288 g/mol. The van der Waals surface area contributed by atoms with Gasteiger partial charge >= 0.3 is 7.60 Å². The molecule has 1 aromatic rings. The largest absolute Gasteiger partial charge is 0.502 e. The maximum atomic E-state index is 11.5. The van der Waals surface area contributed by atoms with Crippen LogP contribution in [0.15, 0.2) is 17.9 Å². The highest BCUT2D eigenvalue weighted by molar-refractivity contribution is 7.56. The van der Waals surface area contributed by atoms with Gasteiger partial charge < -0.3 is 24.0 Å². The Bertz CT molecular complexity index is 486. The number of methoxy groups -OCH3 is 2. The van der Waals surface area contributed by atoms with Crippen LogP contribution >= 0.6 is 7.60 Å². The zero-order valence-electron chi connectivity index (χ0n) is 11.0. The third-order valence-corrected chi connectivity index (χ3v) is 3.43. The number of phenolic OH excluding ortho intramolecular Hbond substituents is 1. The average Bonchev–Trinajstić information content (AvgIpc) is 2.37. The van der Waals surface area contributed by atoms with Gasteiger partial charge in [0.05, 0.1) is 20.8 Å². The van der Waals surface area contributed by atoms with Crippen LogP contribution in [-0.2, 0) is 9.09 Å². The van der Waals surface area contributed by atoms with Gasteiger partial charge in [-0.3, -0.25) is 4.57 Å². The normalized spacial score (nSPS) is 14.3. The topological polar surface area (TPSA) is 85.2 Å². The van der Waals surface area contributed by atoms with Crippen molar-refractivity contribution < 1.29 is 28.6 Å². The van der Waals surface area contributed by atoms with E-state index in [0.29, 0.717) is 5.56 Å². The van der Waals surface area contributed by atoms with Gasteiger partial charge in [-0.1, -0.05) is 0 Å². The Morgan fingerprint density at radius 2 is 1.79 bits per heavy atom. The van der Waals surface area contributed by atoms with Gasteiger partial charge in [0, 0.05) is 5.82 Å². The van der Waals surface area contributed by atoms with Gasteiger partial charge in [0.2, 0.25) is 5.75 Å². The van der Waals surface area contributed by atoms with E-state index in [9.17, 15) is 14.6 Å². The molecule has 2 N–H and O–H groups in total. The van der Waals surface area contributed by atoms with E-state index in [0.717, 1.165) is 5.82 Å². The third kappa shape index (κ3) is 4.28. The Kier molecular flexibility index (Phi) is 5.42. The maximum Gasteiger partial charge on any atom is 0.351 e. The van der Waals surface area contributed by atoms with E-state index < -0.39 is 7.60 Å². The van der Waals surface area contributed by atoms with E-state index in [2.05, 4.69) is 0 Å². The molecule has 0 radical (unpaired) electrons. The highest BCUT2D eigenvalue weighted by Gasteiger charge is 2.14. The predicted molar refractivity (Wildman–Crippen MR) is 71.7 cm³/mol. The van der Waals surface area contributed by atoms with Crippen LogP contribution in [0.25, 0.3) is 6.08 Å². The minimum atomic E-state index is -3.74. The van der Waals surface area contributed by atoms with E-state index in [1.165, 1.54) is 32.4 Å². The van der Waals surface area contributed by atoms with Gasteiger partial charge in [0.1, 0.15) is 0 Å². The average molecular weight is 288 g/mol. The Morgan fingerprint density at radius 1 is 1.26 bits per heavy atom. The molecule has 0 fully saturated rings. The SMILES string of the molecule is CCOP(=O)(O)/C=C/c1cc(OC)c(O)c(OC)c1. The second-order valence-electron chi connectivity index (χ2n) is 3.57. The molecular weight excluding hydrogens is 271 g/mol. The quantitative estimate of drug-likeness (QED) is 0.783. The van der Waals surface area contributed by atoms with Crippen molar-refractivity contribution in [1.29, 1.82) is 0 Å². The number of hydrogen-bond donors (Lipinski definition) is 2. The maximum absolute atomic E-state index is 11.5. The zero-order valence-corrected chi connectivity index (χ0v) is 11.9. The second kappa shape index (κ2) is 6.61. The van der Waals surface area contributed by atoms with Crippen LogP contribution in [0.2, 0.25) is 0 Å². The van der Waals surface area contributed by atoms with Crippen molar-refractivity contribution in [3.63, 3.8) is 0 Å². The van der Waals surface area contributed by atoms with E-state index in [1.807, 2.05) is 0 Å². The van der Waals surface area contributed by atoms with Crippen molar-refractivity contribution in [2.24, 2.45) is 0 Å². The highest BCUT2D eigenvalue weighted by atomic mass is 31.2. The molecule has 0 saturated heterocycles. The van der Waals surface area contributed by atoms with Crippen LogP contribution in [0.3, 0.4) is 0 Å². The lowest BCUT2D eigenvalue weighted by Crippen LogP contribution is -1.90. The van der Waals surface area contributed by atoms with Gasteiger partial charge in [-0.25, -0.2) is 0 Å². The Morgan fingerprint density at radius 3 is 2.21 bits per heavy atom. The molecule has 0 heterocycles. The minimum Gasteiger partial charge on any atom is -0.502 e. The molecule has 7 heteroatoms. The van der Waals surface area contributed by atoms with E-state index in [-0.39, 0.29) is 23.9 Å².